The molecule has 1 heterocycles. The van der Waals surface area contributed by atoms with Crippen molar-refractivity contribution in [3.63, 3.8) is 0 Å². The highest BCUT2D eigenvalue weighted by atomic mass is 32.2. The number of thiophene rings is 1. The van der Waals surface area contributed by atoms with Gasteiger partial charge in [0.25, 0.3) is 5.91 Å². The number of carbonyl (C=O) groups excluding carboxylic acids is 1. The molecule has 1 amide bonds. The molecule has 0 aliphatic rings. The Morgan fingerprint density at radius 2 is 1.95 bits per heavy atom. The van der Waals surface area contributed by atoms with Crippen LogP contribution in [0, 0.1) is 0 Å². The molecule has 1 N–H and O–H groups in total. The fourth-order valence-electron chi connectivity index (χ4n) is 1.54. The molecule has 1 aromatic heterocycles. The van der Waals surface area contributed by atoms with Crippen LogP contribution < -0.4 is 10.1 Å². The van der Waals surface area contributed by atoms with Crippen molar-refractivity contribution in [1.29, 1.82) is 0 Å². The van der Waals surface area contributed by atoms with E-state index in [4.69, 9.17) is 4.74 Å². The van der Waals surface area contributed by atoms with Gasteiger partial charge in [0.1, 0.15) is 10.6 Å². The molecule has 0 aliphatic carbocycles. The van der Waals surface area contributed by atoms with E-state index in [0.29, 0.717) is 16.3 Å². The van der Waals surface area contributed by atoms with E-state index in [2.05, 4.69) is 5.32 Å². The Balaban J connectivity index is 2.13. The third-order valence-corrected chi connectivity index (χ3v) is 4.33. The van der Waals surface area contributed by atoms with Crippen molar-refractivity contribution in [3.05, 3.63) is 40.6 Å². The van der Waals surface area contributed by atoms with E-state index in [1.165, 1.54) is 18.4 Å². The molecule has 6 heteroatoms. The summed E-state index contributed by atoms with van der Waals surface area (Å²) >= 11 is 1.32. The quantitative estimate of drug-likeness (QED) is 0.943. The van der Waals surface area contributed by atoms with Gasteiger partial charge < -0.3 is 10.1 Å². The lowest BCUT2D eigenvalue weighted by Gasteiger charge is -2.06. The van der Waals surface area contributed by atoms with Gasteiger partial charge in [-0.15, -0.1) is 11.3 Å². The third kappa shape index (κ3) is 3.21. The van der Waals surface area contributed by atoms with Crippen LogP contribution in [0.4, 0.5) is 5.69 Å². The lowest BCUT2D eigenvalue weighted by molar-refractivity contribution is 0.102. The maximum atomic E-state index is 12.0. The first-order valence-corrected chi connectivity index (χ1v) is 7.92. The van der Waals surface area contributed by atoms with Crippen LogP contribution in [0.5, 0.6) is 5.75 Å². The van der Waals surface area contributed by atoms with Crippen LogP contribution in [0.25, 0.3) is 0 Å². The number of methoxy groups -OCH3 is 1. The number of hydrogen-bond acceptors (Lipinski definition) is 4. The first-order valence-electron chi connectivity index (χ1n) is 5.48. The highest BCUT2D eigenvalue weighted by Gasteiger charge is 2.13. The summed E-state index contributed by atoms with van der Waals surface area (Å²) in [6.45, 7) is 0. The molecule has 0 saturated heterocycles. The molecule has 100 valence electrons. The number of benzene rings is 1. The molecule has 0 saturated carbocycles. The van der Waals surface area contributed by atoms with Crippen molar-refractivity contribution in [3.8, 4) is 5.75 Å². The predicted octanol–water partition coefficient (Wildman–Crippen LogP) is 2.75. The molecule has 0 fully saturated rings. The molecule has 0 radical (unpaired) electrons. The maximum absolute atomic E-state index is 12.0. The molecule has 1 atom stereocenters. The van der Waals surface area contributed by atoms with Crippen molar-refractivity contribution in [2.24, 2.45) is 0 Å². The smallest absolute Gasteiger partial charge is 0.269 e. The summed E-state index contributed by atoms with van der Waals surface area (Å²) in [5.74, 6) is 0.353. The van der Waals surface area contributed by atoms with Gasteiger partial charge in [-0.3, -0.25) is 9.00 Å². The second-order valence-electron chi connectivity index (χ2n) is 3.75. The summed E-state index contributed by atoms with van der Waals surface area (Å²) in [4.78, 5) is 13.3. The Kier molecular flexibility index (Phi) is 4.34. The van der Waals surface area contributed by atoms with Gasteiger partial charge in [0.2, 0.25) is 0 Å². The van der Waals surface area contributed by atoms with Gasteiger partial charge in [-0.2, -0.15) is 0 Å². The van der Waals surface area contributed by atoms with E-state index in [1.807, 2.05) is 0 Å². The van der Waals surface area contributed by atoms with Crippen LogP contribution in [-0.2, 0) is 10.8 Å². The molecule has 2 aromatic rings. The highest BCUT2D eigenvalue weighted by molar-refractivity contribution is 7.84. The van der Waals surface area contributed by atoms with E-state index in [9.17, 15) is 9.00 Å². The Labute approximate surface area is 117 Å². The highest BCUT2D eigenvalue weighted by Crippen LogP contribution is 2.25. The minimum atomic E-state index is -1.02. The standard InChI is InChI=1S/C13H13NO3S2/c1-17-11-7-8-18-12(11)13(15)14-9-3-5-10(6-4-9)19(2)16/h3-8H,1-2H3,(H,14,15). The zero-order chi connectivity index (χ0) is 13.8. The molecule has 19 heavy (non-hydrogen) atoms. The number of amides is 1. The van der Waals surface area contributed by atoms with Crippen molar-refractivity contribution in [2.75, 3.05) is 18.7 Å². The fourth-order valence-corrected chi connectivity index (χ4v) is 2.81. The van der Waals surface area contributed by atoms with Crippen molar-refractivity contribution >= 4 is 33.7 Å². The van der Waals surface area contributed by atoms with E-state index < -0.39 is 10.8 Å². The molecule has 0 bridgehead atoms. The lowest BCUT2D eigenvalue weighted by Crippen LogP contribution is -2.11. The number of carbonyl (C=O) groups is 1. The minimum Gasteiger partial charge on any atom is -0.495 e. The molecule has 1 unspecified atom stereocenters. The zero-order valence-electron chi connectivity index (χ0n) is 10.5. The summed E-state index contributed by atoms with van der Waals surface area (Å²) in [5.41, 5.74) is 0.662. The van der Waals surface area contributed by atoms with Crippen LogP contribution in [0.3, 0.4) is 0 Å². The van der Waals surface area contributed by atoms with Crippen molar-refractivity contribution in [2.45, 2.75) is 4.90 Å². The van der Waals surface area contributed by atoms with E-state index in [-0.39, 0.29) is 5.91 Å². The molecule has 2 rings (SSSR count). The Hall–Kier alpha value is -1.66. The number of hydrogen-bond donors (Lipinski definition) is 1. The van der Waals surface area contributed by atoms with Crippen LogP contribution in [-0.4, -0.2) is 23.5 Å². The Morgan fingerprint density at radius 3 is 2.53 bits per heavy atom. The molecular weight excluding hydrogens is 282 g/mol. The monoisotopic (exact) mass is 295 g/mol. The summed E-state index contributed by atoms with van der Waals surface area (Å²) in [6.07, 6.45) is 1.62. The Bertz CT molecular complexity index is 605. The predicted molar refractivity (Wildman–Crippen MR) is 77.6 cm³/mol. The topological polar surface area (TPSA) is 55.4 Å². The molecular formula is C13H13NO3S2. The van der Waals surface area contributed by atoms with Gasteiger partial charge >= 0.3 is 0 Å². The van der Waals surface area contributed by atoms with Gasteiger partial charge in [-0.1, -0.05) is 0 Å². The van der Waals surface area contributed by atoms with Gasteiger partial charge in [-0.25, -0.2) is 0 Å². The van der Waals surface area contributed by atoms with Gasteiger partial charge in [0.15, 0.2) is 0 Å². The fraction of sp³-hybridized carbons (Fsp3) is 0.154. The minimum absolute atomic E-state index is 0.211. The van der Waals surface area contributed by atoms with E-state index >= 15 is 0 Å². The number of anilines is 1. The van der Waals surface area contributed by atoms with Gasteiger partial charge in [0, 0.05) is 27.6 Å². The van der Waals surface area contributed by atoms with Crippen molar-refractivity contribution in [1.82, 2.24) is 0 Å². The van der Waals surface area contributed by atoms with Crippen LogP contribution in [0.1, 0.15) is 9.67 Å². The average molecular weight is 295 g/mol. The summed E-state index contributed by atoms with van der Waals surface area (Å²) in [7, 11) is 0.517. The Morgan fingerprint density at radius 1 is 1.26 bits per heavy atom. The first-order chi connectivity index (χ1) is 9.11. The van der Waals surface area contributed by atoms with E-state index in [1.54, 1.807) is 42.0 Å². The second kappa shape index (κ2) is 5.99. The van der Waals surface area contributed by atoms with E-state index in [0.717, 1.165) is 4.90 Å². The number of rotatable bonds is 4. The van der Waals surface area contributed by atoms with Crippen LogP contribution >= 0.6 is 11.3 Å². The van der Waals surface area contributed by atoms with Crippen LogP contribution in [0.2, 0.25) is 0 Å². The molecule has 0 aliphatic heterocycles. The SMILES string of the molecule is COc1ccsc1C(=O)Nc1ccc(S(C)=O)cc1. The number of nitrogens with one attached hydrogen (secondary N) is 1. The zero-order valence-corrected chi connectivity index (χ0v) is 12.1. The van der Waals surface area contributed by atoms with Gasteiger partial charge in [-0.05, 0) is 35.7 Å². The average Bonchev–Trinajstić information content (AvgIpc) is 2.87. The third-order valence-electron chi connectivity index (χ3n) is 2.50. The second-order valence-corrected chi connectivity index (χ2v) is 6.05. The molecule has 4 nitrogen and oxygen atoms in total. The maximum Gasteiger partial charge on any atom is 0.269 e. The molecule has 1 aromatic carbocycles. The first kappa shape index (κ1) is 13.8. The lowest BCUT2D eigenvalue weighted by atomic mass is 10.3. The molecule has 0 spiro atoms. The van der Waals surface area contributed by atoms with Crippen molar-refractivity contribution < 1.29 is 13.7 Å². The van der Waals surface area contributed by atoms with Gasteiger partial charge in [0.05, 0.1) is 7.11 Å². The summed E-state index contributed by atoms with van der Waals surface area (Å²) in [5, 5.41) is 4.58. The normalized spacial score (nSPS) is 11.9. The number of ether oxygens (including phenoxy) is 1. The largest absolute Gasteiger partial charge is 0.495 e. The summed E-state index contributed by atoms with van der Waals surface area (Å²) in [6, 6.07) is 8.68. The van der Waals surface area contributed by atoms with Crippen LogP contribution in [0.15, 0.2) is 40.6 Å². The summed E-state index contributed by atoms with van der Waals surface area (Å²) < 4.78 is 16.4.